The summed E-state index contributed by atoms with van der Waals surface area (Å²) in [6.45, 7) is 4.31. The van der Waals surface area contributed by atoms with Crippen molar-refractivity contribution in [1.82, 2.24) is 0 Å². The van der Waals surface area contributed by atoms with E-state index in [0.717, 1.165) is 22.6 Å². The first-order valence-corrected chi connectivity index (χ1v) is 20.2. The number of esters is 1. The molecule has 4 fully saturated rings. The molecular formula is C42H62O17. The third-order valence-corrected chi connectivity index (χ3v) is 10.8. The molecule has 0 aromatic heterocycles. The summed E-state index contributed by atoms with van der Waals surface area (Å²) in [5.41, 5.74) is 1.84. The van der Waals surface area contributed by atoms with Crippen LogP contribution in [0.25, 0.3) is 0 Å². The number of rotatable bonds is 16. The molecule has 4 aliphatic rings. The Bertz CT molecular complexity index is 1520. The van der Waals surface area contributed by atoms with Crippen molar-refractivity contribution in [3.05, 3.63) is 59.7 Å². The molecule has 59 heavy (non-hydrogen) atoms. The summed E-state index contributed by atoms with van der Waals surface area (Å²) in [7, 11) is 4.50. The standard InChI is InChI=1S/C21H30O9.C21H32O8/c1-26-13-5-3-12(4-6-13)10-28-11-15(22)20-18(24)19(25)21-16(30-20)8-7-14(29-21)9-17(23)27-2;1-12(2)27-17-9-8-16-21(29-17)19(24)18(23)20(28-16)15(22)11-26-10-13-4-6-14(25-3)7-5-13/h3-6,14-16,18-22,24-25H,7-11H2,1-2H3;4-7,12,15-24H,8-11H2,1-3H3/t14-,15+,16+,18+,19-,20+,21+;15-,16-,17-,18-,19+,20-,21-/m10/s1. The van der Waals surface area contributed by atoms with Gasteiger partial charge in [-0.25, -0.2) is 0 Å². The highest BCUT2D eigenvalue weighted by molar-refractivity contribution is 5.69. The molecule has 0 radical (unpaired) electrons. The highest BCUT2D eigenvalue weighted by Gasteiger charge is 2.51. The number of hydrogen-bond acceptors (Lipinski definition) is 17. The van der Waals surface area contributed by atoms with Gasteiger partial charge < -0.3 is 78.0 Å². The molecule has 0 amide bonds. The van der Waals surface area contributed by atoms with Gasteiger partial charge in [-0.2, -0.15) is 0 Å². The topological polar surface area (TPSA) is 231 Å². The van der Waals surface area contributed by atoms with Gasteiger partial charge in [-0.15, -0.1) is 0 Å². The third kappa shape index (κ3) is 13.0. The Morgan fingerprint density at radius 2 is 1.10 bits per heavy atom. The quantitative estimate of drug-likeness (QED) is 0.130. The third-order valence-electron chi connectivity index (χ3n) is 10.8. The van der Waals surface area contributed by atoms with Gasteiger partial charge in [0.05, 0.1) is 78.6 Å². The lowest BCUT2D eigenvalue weighted by Gasteiger charge is -2.47. The summed E-state index contributed by atoms with van der Waals surface area (Å²) in [5.74, 6) is 1.10. The first-order chi connectivity index (χ1) is 28.3. The summed E-state index contributed by atoms with van der Waals surface area (Å²) in [6.07, 6.45) is -10.0. The van der Waals surface area contributed by atoms with Gasteiger partial charge in [0.2, 0.25) is 0 Å². The summed E-state index contributed by atoms with van der Waals surface area (Å²) < 4.78 is 55.0. The Labute approximate surface area is 344 Å². The van der Waals surface area contributed by atoms with Crippen LogP contribution in [0.1, 0.15) is 57.1 Å². The van der Waals surface area contributed by atoms with Crippen LogP contribution in [0.4, 0.5) is 0 Å². The molecule has 4 heterocycles. The summed E-state index contributed by atoms with van der Waals surface area (Å²) >= 11 is 0. The van der Waals surface area contributed by atoms with Crippen LogP contribution in [0.5, 0.6) is 11.5 Å². The molecule has 0 bridgehead atoms. The largest absolute Gasteiger partial charge is 0.497 e. The van der Waals surface area contributed by atoms with E-state index in [1.165, 1.54) is 7.11 Å². The maximum absolute atomic E-state index is 11.5. The van der Waals surface area contributed by atoms with Crippen LogP contribution in [0.2, 0.25) is 0 Å². The van der Waals surface area contributed by atoms with Gasteiger partial charge in [-0.05, 0) is 68.5 Å². The fraction of sp³-hybridized carbons (Fsp3) is 0.690. The van der Waals surface area contributed by atoms with Crippen LogP contribution in [0.3, 0.4) is 0 Å². The lowest BCUT2D eigenvalue weighted by molar-refractivity contribution is -0.315. The van der Waals surface area contributed by atoms with Crippen LogP contribution in [-0.4, -0.2) is 163 Å². The predicted molar refractivity (Wildman–Crippen MR) is 207 cm³/mol. The molecule has 0 unspecified atom stereocenters. The van der Waals surface area contributed by atoms with Crippen LogP contribution in [-0.2, 0) is 55.9 Å². The minimum absolute atomic E-state index is 0.000506. The summed E-state index contributed by atoms with van der Waals surface area (Å²) in [4.78, 5) is 11.5. The van der Waals surface area contributed by atoms with Crippen LogP contribution >= 0.6 is 0 Å². The number of aliphatic hydroxyl groups excluding tert-OH is 6. The van der Waals surface area contributed by atoms with Crippen molar-refractivity contribution < 1.29 is 82.8 Å². The maximum Gasteiger partial charge on any atom is 0.308 e. The van der Waals surface area contributed by atoms with Crippen molar-refractivity contribution in [1.29, 1.82) is 0 Å². The van der Waals surface area contributed by atoms with Crippen molar-refractivity contribution >= 4 is 5.97 Å². The molecule has 0 saturated carbocycles. The maximum atomic E-state index is 11.5. The van der Waals surface area contributed by atoms with Crippen molar-refractivity contribution in [2.24, 2.45) is 0 Å². The second-order valence-corrected chi connectivity index (χ2v) is 15.5. The number of carbonyl (C=O) groups is 1. The van der Waals surface area contributed by atoms with Gasteiger partial charge in [-0.1, -0.05) is 24.3 Å². The zero-order valence-electron chi connectivity index (χ0n) is 34.3. The molecule has 14 atom stereocenters. The first-order valence-electron chi connectivity index (χ1n) is 20.2. The van der Waals surface area contributed by atoms with E-state index in [1.54, 1.807) is 14.2 Å². The van der Waals surface area contributed by atoms with Crippen molar-refractivity contribution in [3.63, 3.8) is 0 Å². The average molecular weight is 839 g/mol. The van der Waals surface area contributed by atoms with Gasteiger partial charge in [0.15, 0.2) is 6.29 Å². The van der Waals surface area contributed by atoms with Gasteiger partial charge >= 0.3 is 5.97 Å². The highest BCUT2D eigenvalue weighted by atomic mass is 16.7. The van der Waals surface area contributed by atoms with Gasteiger partial charge in [-0.3, -0.25) is 4.79 Å². The normalized spacial score (nSPS) is 32.7. The number of benzene rings is 2. The lowest BCUT2D eigenvalue weighted by Crippen LogP contribution is -2.64. The molecule has 2 aromatic rings. The monoisotopic (exact) mass is 838 g/mol. The number of ether oxygens (including phenoxy) is 10. The molecular weight excluding hydrogens is 776 g/mol. The van der Waals surface area contributed by atoms with Gasteiger partial charge in [0.1, 0.15) is 72.5 Å². The van der Waals surface area contributed by atoms with Gasteiger partial charge in [0, 0.05) is 6.42 Å². The van der Waals surface area contributed by atoms with Gasteiger partial charge in [0.25, 0.3) is 0 Å². The molecule has 4 aliphatic heterocycles. The average Bonchev–Trinajstić information content (AvgIpc) is 3.24. The molecule has 0 spiro atoms. The van der Waals surface area contributed by atoms with Crippen molar-refractivity contribution in [2.75, 3.05) is 34.5 Å². The van der Waals surface area contributed by atoms with E-state index in [-0.39, 0.29) is 32.3 Å². The number of methoxy groups -OCH3 is 3. The molecule has 0 aliphatic carbocycles. The van der Waals surface area contributed by atoms with E-state index >= 15 is 0 Å². The van der Waals surface area contributed by atoms with Crippen LogP contribution in [0.15, 0.2) is 48.5 Å². The van der Waals surface area contributed by atoms with E-state index in [4.69, 9.17) is 42.6 Å². The fourth-order valence-corrected chi connectivity index (χ4v) is 7.61. The van der Waals surface area contributed by atoms with Crippen LogP contribution in [0, 0.1) is 0 Å². The molecule has 2 aromatic carbocycles. The Morgan fingerprint density at radius 3 is 1.54 bits per heavy atom. The minimum Gasteiger partial charge on any atom is -0.497 e. The van der Waals surface area contributed by atoms with E-state index in [2.05, 4.69) is 4.74 Å². The van der Waals surface area contributed by atoms with E-state index in [9.17, 15) is 35.4 Å². The molecule has 332 valence electrons. The lowest BCUT2D eigenvalue weighted by atomic mass is 9.87. The number of fused-ring (bicyclic) bond motifs is 2. The SMILES string of the molecule is COC(=O)C[C@H]1CC[C@@H]2O[C@@H]([C@@H](O)COCc3ccc(OC)cc3)[C@@H](O)[C@@H](O)[C@H]2O1.COc1ccc(COC[C@H](O)[C@@H]2O[C@H]3CC[C@@H](OC(C)C)O[C@@H]3[C@H](O)[C@@H]2O)cc1. The number of aliphatic hydroxyl groups is 6. The summed E-state index contributed by atoms with van der Waals surface area (Å²) in [6, 6.07) is 14.8. The zero-order valence-corrected chi connectivity index (χ0v) is 34.3. The van der Waals surface area contributed by atoms with E-state index in [1.807, 2.05) is 62.4 Å². The van der Waals surface area contributed by atoms with Crippen molar-refractivity contribution in [2.45, 2.75) is 151 Å². The Hall–Kier alpha value is -3.01. The van der Waals surface area contributed by atoms with E-state index < -0.39 is 91.6 Å². The molecule has 4 saturated heterocycles. The van der Waals surface area contributed by atoms with E-state index in [0.29, 0.717) is 32.3 Å². The Balaban J connectivity index is 0.000000224. The Morgan fingerprint density at radius 1 is 0.644 bits per heavy atom. The first kappa shape index (κ1) is 47.0. The fourth-order valence-electron chi connectivity index (χ4n) is 7.61. The molecule has 6 rings (SSSR count). The summed E-state index contributed by atoms with van der Waals surface area (Å²) in [5, 5.41) is 62.9. The second-order valence-electron chi connectivity index (χ2n) is 15.5. The Kier molecular flexibility index (Phi) is 18.1. The second kappa shape index (κ2) is 22.7. The number of carbonyl (C=O) groups excluding carboxylic acids is 1. The zero-order chi connectivity index (χ0) is 42.6. The molecule has 6 N–H and O–H groups in total. The highest BCUT2D eigenvalue weighted by Crippen LogP contribution is 2.35. The number of hydrogen-bond donors (Lipinski definition) is 6. The van der Waals surface area contributed by atoms with Crippen LogP contribution < -0.4 is 9.47 Å². The minimum atomic E-state index is -1.34. The molecule has 17 nitrogen and oxygen atoms in total. The molecule has 17 heteroatoms. The van der Waals surface area contributed by atoms with Crippen molar-refractivity contribution in [3.8, 4) is 11.5 Å². The smallest absolute Gasteiger partial charge is 0.308 e. The predicted octanol–water partition coefficient (Wildman–Crippen LogP) is 1.16.